The van der Waals surface area contributed by atoms with Crippen molar-refractivity contribution in [3.63, 3.8) is 0 Å². The number of nitrogens with one attached hydrogen (secondary N) is 2. The summed E-state index contributed by atoms with van der Waals surface area (Å²) in [4.78, 5) is 22.1. The van der Waals surface area contributed by atoms with E-state index in [1.165, 1.54) is 12.3 Å². The summed E-state index contributed by atoms with van der Waals surface area (Å²) >= 11 is 0. The first kappa shape index (κ1) is 13.1. The highest BCUT2D eigenvalue weighted by Crippen LogP contribution is 2.34. The summed E-state index contributed by atoms with van der Waals surface area (Å²) < 4.78 is 4.93. The molecule has 21 heavy (non-hydrogen) atoms. The predicted molar refractivity (Wildman–Crippen MR) is 73.9 cm³/mol. The third kappa shape index (κ3) is 2.69. The minimum atomic E-state index is -0.445. The molecule has 1 aliphatic heterocycles. The van der Waals surface area contributed by atoms with Crippen LogP contribution in [0.2, 0.25) is 0 Å². The van der Waals surface area contributed by atoms with Gasteiger partial charge in [-0.1, -0.05) is 5.16 Å². The van der Waals surface area contributed by atoms with Crippen LogP contribution in [0.15, 0.2) is 28.9 Å². The van der Waals surface area contributed by atoms with E-state index in [1.807, 2.05) is 0 Å². The quantitative estimate of drug-likeness (QED) is 0.658. The number of carbonyl (C=O) groups is 1. The molecule has 1 amide bonds. The predicted octanol–water partition coefficient (Wildman–Crippen LogP) is 2.08. The van der Waals surface area contributed by atoms with E-state index in [0.717, 1.165) is 5.56 Å². The summed E-state index contributed by atoms with van der Waals surface area (Å²) in [6.45, 7) is 0.271. The van der Waals surface area contributed by atoms with E-state index in [2.05, 4.69) is 15.8 Å². The van der Waals surface area contributed by atoms with Crippen LogP contribution in [0.3, 0.4) is 0 Å². The van der Waals surface area contributed by atoms with Crippen molar-refractivity contribution in [3.8, 4) is 0 Å². The first-order valence-corrected chi connectivity index (χ1v) is 6.38. The van der Waals surface area contributed by atoms with Crippen molar-refractivity contribution in [3.05, 3.63) is 45.8 Å². The average Bonchev–Trinajstić information content (AvgIpc) is 2.97. The molecular formula is C13H12N4O4. The van der Waals surface area contributed by atoms with Gasteiger partial charge in [-0.15, -0.1) is 0 Å². The number of carbonyl (C=O) groups excluding carboxylic acids is 1. The van der Waals surface area contributed by atoms with E-state index in [4.69, 9.17) is 4.52 Å². The molecule has 0 saturated carbocycles. The lowest BCUT2D eigenvalue weighted by Gasteiger charge is -2.18. The van der Waals surface area contributed by atoms with Crippen LogP contribution in [-0.2, 0) is 17.8 Å². The van der Waals surface area contributed by atoms with E-state index < -0.39 is 4.92 Å². The highest BCUT2D eigenvalue weighted by Gasteiger charge is 2.22. The molecule has 0 bridgehead atoms. The van der Waals surface area contributed by atoms with Crippen molar-refractivity contribution in [2.45, 2.75) is 19.4 Å². The lowest BCUT2D eigenvalue weighted by atomic mass is 10.0. The van der Waals surface area contributed by atoms with Crippen LogP contribution in [0.1, 0.15) is 17.7 Å². The monoisotopic (exact) mass is 288 g/mol. The molecule has 2 heterocycles. The van der Waals surface area contributed by atoms with Crippen LogP contribution in [0.5, 0.6) is 0 Å². The van der Waals surface area contributed by atoms with Crippen LogP contribution in [0, 0.1) is 10.1 Å². The van der Waals surface area contributed by atoms with Gasteiger partial charge in [0, 0.05) is 24.2 Å². The number of benzene rings is 1. The number of hydrogen-bond acceptors (Lipinski definition) is 6. The fourth-order valence-electron chi connectivity index (χ4n) is 2.22. The number of rotatable bonds is 4. The second kappa shape index (κ2) is 5.23. The fraction of sp³-hybridized carbons (Fsp3) is 0.231. The molecule has 8 nitrogen and oxygen atoms in total. The van der Waals surface area contributed by atoms with E-state index in [1.54, 1.807) is 12.1 Å². The molecule has 108 valence electrons. The van der Waals surface area contributed by atoms with Gasteiger partial charge < -0.3 is 15.2 Å². The first-order valence-electron chi connectivity index (χ1n) is 6.38. The smallest absolute Gasteiger partial charge is 0.292 e. The maximum absolute atomic E-state index is 11.4. The number of aromatic nitrogens is 1. The van der Waals surface area contributed by atoms with E-state index in [-0.39, 0.29) is 18.1 Å². The third-order valence-electron chi connectivity index (χ3n) is 3.26. The molecular weight excluding hydrogens is 276 g/mol. The number of anilines is 2. The van der Waals surface area contributed by atoms with Crippen LogP contribution in [0.25, 0.3) is 0 Å². The highest BCUT2D eigenvalue weighted by molar-refractivity contribution is 5.95. The maximum Gasteiger partial charge on any atom is 0.292 e. The number of nitro benzene ring substituents is 1. The molecule has 3 rings (SSSR count). The Bertz CT molecular complexity index is 696. The Morgan fingerprint density at radius 2 is 2.29 bits per heavy atom. The number of amides is 1. The molecule has 0 fully saturated rings. The largest absolute Gasteiger partial charge is 0.372 e. The summed E-state index contributed by atoms with van der Waals surface area (Å²) in [5.74, 6) is 0.476. The number of nitrogens with zero attached hydrogens (tertiary/aromatic N) is 2. The second-order valence-corrected chi connectivity index (χ2v) is 4.66. The van der Waals surface area contributed by atoms with Gasteiger partial charge in [-0.2, -0.15) is 0 Å². The van der Waals surface area contributed by atoms with Gasteiger partial charge in [0.25, 0.3) is 5.69 Å². The standard InChI is InChI=1S/C13H12N4O4/c18-13-2-1-8-5-12(17(19)20)11(6-10(8)16-13)14-7-9-3-4-15-21-9/h3-6,14H,1-2,7H2,(H,16,18). The molecule has 0 atom stereocenters. The molecule has 0 spiro atoms. The first-order chi connectivity index (χ1) is 10.1. The van der Waals surface area contributed by atoms with Crippen LogP contribution >= 0.6 is 0 Å². The molecule has 0 radical (unpaired) electrons. The normalized spacial score (nSPS) is 13.4. The Morgan fingerprint density at radius 3 is 3.00 bits per heavy atom. The van der Waals surface area contributed by atoms with Gasteiger partial charge in [0.15, 0.2) is 5.76 Å². The van der Waals surface area contributed by atoms with Crippen molar-refractivity contribution < 1.29 is 14.2 Å². The Kier molecular flexibility index (Phi) is 3.27. The molecule has 1 aromatic carbocycles. The molecule has 2 N–H and O–H groups in total. The molecule has 1 aliphatic rings. The van der Waals surface area contributed by atoms with Crippen LogP contribution < -0.4 is 10.6 Å². The van der Waals surface area contributed by atoms with Crippen LogP contribution in [-0.4, -0.2) is 16.0 Å². The minimum absolute atomic E-state index is 0.0237. The molecule has 8 heteroatoms. The maximum atomic E-state index is 11.4. The Morgan fingerprint density at radius 1 is 1.43 bits per heavy atom. The lowest BCUT2D eigenvalue weighted by Crippen LogP contribution is -2.19. The Labute approximate surface area is 119 Å². The number of aryl methyl sites for hydroxylation is 1. The molecule has 1 aromatic heterocycles. The zero-order chi connectivity index (χ0) is 14.8. The SMILES string of the molecule is O=C1CCc2cc([N+](=O)[O-])c(NCc3ccno3)cc2N1. The topological polar surface area (TPSA) is 110 Å². The van der Waals surface area contributed by atoms with Gasteiger partial charge in [0.1, 0.15) is 5.69 Å². The molecule has 2 aromatic rings. The van der Waals surface area contributed by atoms with Crippen LogP contribution in [0.4, 0.5) is 17.1 Å². The summed E-state index contributed by atoms with van der Waals surface area (Å²) in [6, 6.07) is 4.75. The highest BCUT2D eigenvalue weighted by atomic mass is 16.6. The zero-order valence-electron chi connectivity index (χ0n) is 11.0. The van der Waals surface area contributed by atoms with Crippen molar-refractivity contribution in [1.29, 1.82) is 0 Å². The summed E-state index contributed by atoms with van der Waals surface area (Å²) in [5.41, 5.74) is 1.69. The zero-order valence-corrected chi connectivity index (χ0v) is 11.0. The van der Waals surface area contributed by atoms with E-state index in [0.29, 0.717) is 30.0 Å². The van der Waals surface area contributed by atoms with E-state index >= 15 is 0 Å². The number of hydrogen-bond donors (Lipinski definition) is 2. The van der Waals surface area contributed by atoms with Gasteiger partial charge in [-0.05, 0) is 18.1 Å². The molecule has 0 aliphatic carbocycles. The van der Waals surface area contributed by atoms with Gasteiger partial charge in [0.05, 0.1) is 17.7 Å². The van der Waals surface area contributed by atoms with Crippen molar-refractivity contribution in [2.75, 3.05) is 10.6 Å². The summed E-state index contributed by atoms with van der Waals surface area (Å²) in [5, 5.41) is 20.4. The lowest BCUT2D eigenvalue weighted by molar-refractivity contribution is -0.384. The Hall–Kier alpha value is -2.90. The van der Waals surface area contributed by atoms with Crippen molar-refractivity contribution in [1.82, 2.24) is 5.16 Å². The molecule has 0 saturated heterocycles. The summed E-state index contributed by atoms with van der Waals surface area (Å²) in [6.07, 6.45) is 2.35. The summed E-state index contributed by atoms with van der Waals surface area (Å²) in [7, 11) is 0. The average molecular weight is 288 g/mol. The third-order valence-corrected chi connectivity index (χ3v) is 3.26. The fourth-order valence-corrected chi connectivity index (χ4v) is 2.22. The minimum Gasteiger partial charge on any atom is -0.372 e. The Balaban J connectivity index is 1.91. The number of nitro groups is 1. The number of fused-ring (bicyclic) bond motifs is 1. The van der Waals surface area contributed by atoms with Gasteiger partial charge in [-0.25, -0.2) is 0 Å². The van der Waals surface area contributed by atoms with Gasteiger partial charge in [-0.3, -0.25) is 14.9 Å². The van der Waals surface area contributed by atoms with Crippen molar-refractivity contribution in [2.24, 2.45) is 0 Å². The van der Waals surface area contributed by atoms with E-state index in [9.17, 15) is 14.9 Å². The van der Waals surface area contributed by atoms with Crippen molar-refractivity contribution >= 4 is 23.0 Å². The van der Waals surface area contributed by atoms with Gasteiger partial charge in [0.2, 0.25) is 5.91 Å². The molecule has 0 unspecified atom stereocenters. The van der Waals surface area contributed by atoms with Gasteiger partial charge >= 0.3 is 0 Å². The second-order valence-electron chi connectivity index (χ2n) is 4.66.